The topological polar surface area (TPSA) is 65.5 Å². The Morgan fingerprint density at radius 1 is 1.26 bits per heavy atom. The van der Waals surface area contributed by atoms with Crippen molar-refractivity contribution < 1.29 is 4.79 Å². The maximum absolute atomic E-state index is 11.9. The molecule has 0 bridgehead atoms. The van der Waals surface area contributed by atoms with Crippen LogP contribution in [0.1, 0.15) is 51.9 Å². The summed E-state index contributed by atoms with van der Waals surface area (Å²) in [4.78, 5) is 16.1. The molecule has 1 aliphatic carbocycles. The Balaban J connectivity index is 0.00000264. The molecule has 0 aromatic rings. The van der Waals surface area contributed by atoms with Crippen LogP contribution in [0.15, 0.2) is 4.99 Å². The molecule has 1 unspecified atom stereocenters. The molecule has 23 heavy (non-hydrogen) atoms. The number of nitrogens with zero attached hydrogens (tertiary/aromatic N) is 1. The van der Waals surface area contributed by atoms with Gasteiger partial charge in [0.15, 0.2) is 5.96 Å². The molecule has 1 atom stereocenters. The van der Waals surface area contributed by atoms with Gasteiger partial charge in [0.2, 0.25) is 5.91 Å². The molecule has 2 aliphatic rings. The van der Waals surface area contributed by atoms with Gasteiger partial charge in [-0.25, -0.2) is 0 Å². The first-order chi connectivity index (χ1) is 10.6. The Morgan fingerprint density at radius 3 is 2.61 bits per heavy atom. The van der Waals surface area contributed by atoms with E-state index in [0.717, 1.165) is 25.3 Å². The molecule has 0 radical (unpaired) electrons. The second-order valence-corrected chi connectivity index (χ2v) is 8.24. The van der Waals surface area contributed by atoms with Crippen LogP contribution in [0.25, 0.3) is 0 Å². The molecule has 5 nitrogen and oxygen atoms in total. The number of carbonyl (C=O) groups is 1. The number of thioether (sulfide) groups is 1. The Hall–Kier alpha value is -0.180. The fraction of sp³-hybridized carbons (Fsp3) is 0.875. The third-order valence-corrected chi connectivity index (χ3v) is 6.06. The lowest BCUT2D eigenvalue weighted by atomic mass is 10.1. The minimum Gasteiger partial charge on any atom is -0.356 e. The van der Waals surface area contributed by atoms with Crippen molar-refractivity contribution >= 4 is 47.6 Å². The number of halogens is 1. The lowest BCUT2D eigenvalue weighted by Crippen LogP contribution is -2.44. The molecule has 1 saturated heterocycles. The Bertz CT molecular complexity index is 394. The average molecular weight is 454 g/mol. The Kier molecular flexibility index (Phi) is 9.65. The zero-order valence-electron chi connectivity index (χ0n) is 14.3. The first kappa shape index (κ1) is 20.9. The van der Waals surface area contributed by atoms with Crippen molar-refractivity contribution in [2.75, 3.05) is 25.9 Å². The molecule has 0 aromatic carbocycles. The lowest BCUT2D eigenvalue weighted by Gasteiger charge is -2.24. The predicted molar refractivity (Wildman–Crippen MR) is 110 cm³/mol. The highest BCUT2D eigenvalue weighted by Crippen LogP contribution is 2.36. The third-order valence-electron chi connectivity index (χ3n) is 4.52. The number of aliphatic imine (C=N–C) groups is 1. The van der Waals surface area contributed by atoms with Crippen LogP contribution in [-0.2, 0) is 4.79 Å². The van der Waals surface area contributed by atoms with Crippen molar-refractivity contribution in [1.29, 1.82) is 0 Å². The predicted octanol–water partition coefficient (Wildman–Crippen LogP) is 2.50. The first-order valence-corrected chi connectivity index (χ1v) is 9.48. The lowest BCUT2D eigenvalue weighted by molar-refractivity contribution is -0.121. The summed E-state index contributed by atoms with van der Waals surface area (Å²) >= 11 is 2.03. The summed E-state index contributed by atoms with van der Waals surface area (Å²) in [6, 6.07) is 0.407. The Labute approximate surface area is 161 Å². The SMILES string of the molecule is CN=C(NCCC(=O)NC1CCCC1)NCC1(C)CCCS1.I. The van der Waals surface area contributed by atoms with E-state index in [1.165, 1.54) is 31.4 Å². The summed E-state index contributed by atoms with van der Waals surface area (Å²) in [7, 11) is 1.78. The van der Waals surface area contributed by atoms with Crippen LogP contribution in [0.4, 0.5) is 0 Å². The number of amides is 1. The summed E-state index contributed by atoms with van der Waals surface area (Å²) in [5, 5.41) is 9.73. The highest BCUT2D eigenvalue weighted by molar-refractivity contribution is 14.0. The summed E-state index contributed by atoms with van der Waals surface area (Å²) in [5.41, 5.74) is 0. The summed E-state index contributed by atoms with van der Waals surface area (Å²) in [5.74, 6) is 2.20. The van der Waals surface area contributed by atoms with E-state index < -0.39 is 0 Å². The normalized spacial score (nSPS) is 25.0. The van der Waals surface area contributed by atoms with E-state index in [0.29, 0.717) is 23.8 Å². The third kappa shape index (κ3) is 7.49. The van der Waals surface area contributed by atoms with E-state index in [9.17, 15) is 4.79 Å². The minimum atomic E-state index is 0. The average Bonchev–Trinajstić information content (AvgIpc) is 3.15. The van der Waals surface area contributed by atoms with Crippen LogP contribution in [-0.4, -0.2) is 48.5 Å². The number of hydrogen-bond acceptors (Lipinski definition) is 3. The maximum Gasteiger partial charge on any atom is 0.221 e. The Morgan fingerprint density at radius 2 is 2.00 bits per heavy atom. The number of guanidine groups is 1. The van der Waals surface area contributed by atoms with E-state index in [1.54, 1.807) is 7.05 Å². The maximum atomic E-state index is 11.9. The second-order valence-electron chi connectivity index (χ2n) is 6.55. The molecular weight excluding hydrogens is 423 g/mol. The summed E-state index contributed by atoms with van der Waals surface area (Å²) in [6.45, 7) is 3.85. The van der Waals surface area contributed by atoms with Crippen molar-refractivity contribution in [1.82, 2.24) is 16.0 Å². The van der Waals surface area contributed by atoms with Gasteiger partial charge < -0.3 is 16.0 Å². The molecule has 0 aromatic heterocycles. The van der Waals surface area contributed by atoms with Gasteiger partial charge in [0.1, 0.15) is 0 Å². The van der Waals surface area contributed by atoms with Crippen LogP contribution in [0, 0.1) is 0 Å². The van der Waals surface area contributed by atoms with Crippen LogP contribution in [0.2, 0.25) is 0 Å². The van der Waals surface area contributed by atoms with Crippen LogP contribution in [0.5, 0.6) is 0 Å². The molecule has 0 spiro atoms. The van der Waals surface area contributed by atoms with Crippen LogP contribution >= 0.6 is 35.7 Å². The number of rotatable bonds is 6. The molecule has 1 amide bonds. The van der Waals surface area contributed by atoms with Crippen molar-refractivity contribution in [3.63, 3.8) is 0 Å². The fourth-order valence-electron chi connectivity index (χ4n) is 3.13. The van der Waals surface area contributed by atoms with Gasteiger partial charge in [-0.3, -0.25) is 9.79 Å². The molecule has 7 heteroatoms. The van der Waals surface area contributed by atoms with E-state index in [2.05, 4.69) is 27.9 Å². The van der Waals surface area contributed by atoms with Crippen molar-refractivity contribution in [2.24, 2.45) is 4.99 Å². The summed E-state index contributed by atoms with van der Waals surface area (Å²) < 4.78 is 0.317. The fourth-order valence-corrected chi connectivity index (χ4v) is 4.38. The van der Waals surface area contributed by atoms with Crippen molar-refractivity contribution in [2.45, 2.75) is 62.7 Å². The van der Waals surface area contributed by atoms with Crippen molar-refractivity contribution in [3.8, 4) is 0 Å². The molecule has 3 N–H and O–H groups in total. The van der Waals surface area contributed by atoms with Gasteiger partial charge in [-0.2, -0.15) is 11.8 Å². The van der Waals surface area contributed by atoms with Gasteiger partial charge >= 0.3 is 0 Å². The monoisotopic (exact) mass is 454 g/mol. The van der Waals surface area contributed by atoms with Gasteiger partial charge in [0.25, 0.3) is 0 Å². The van der Waals surface area contributed by atoms with Crippen LogP contribution in [0.3, 0.4) is 0 Å². The highest BCUT2D eigenvalue weighted by atomic mass is 127. The number of hydrogen-bond donors (Lipinski definition) is 3. The molecule has 1 heterocycles. The first-order valence-electron chi connectivity index (χ1n) is 8.49. The molecule has 2 rings (SSSR count). The molecule has 1 aliphatic heterocycles. The minimum absolute atomic E-state index is 0. The zero-order valence-corrected chi connectivity index (χ0v) is 17.5. The van der Waals surface area contributed by atoms with Gasteiger partial charge in [-0.15, -0.1) is 24.0 Å². The molecular formula is C16H31IN4OS. The number of nitrogens with one attached hydrogen (secondary N) is 3. The summed E-state index contributed by atoms with van der Waals surface area (Å²) in [6.07, 6.45) is 7.83. The smallest absolute Gasteiger partial charge is 0.221 e. The standard InChI is InChI=1S/C16H30N4OS.HI/c1-16(9-5-11-22-16)12-19-15(17-2)18-10-8-14(21)20-13-6-3-4-7-13;/h13H,3-12H2,1-2H3,(H,20,21)(H2,17,18,19);1H. The number of carbonyl (C=O) groups excluding carboxylic acids is 1. The van der Waals surface area contributed by atoms with Gasteiger partial charge in [-0.05, 0) is 38.4 Å². The van der Waals surface area contributed by atoms with E-state index >= 15 is 0 Å². The largest absolute Gasteiger partial charge is 0.356 e. The van der Waals surface area contributed by atoms with Crippen LogP contribution < -0.4 is 16.0 Å². The van der Waals surface area contributed by atoms with Crippen molar-refractivity contribution in [3.05, 3.63) is 0 Å². The molecule has 1 saturated carbocycles. The van der Waals surface area contributed by atoms with Gasteiger partial charge in [-0.1, -0.05) is 12.8 Å². The highest BCUT2D eigenvalue weighted by Gasteiger charge is 2.29. The van der Waals surface area contributed by atoms with Gasteiger partial charge in [0.05, 0.1) is 0 Å². The van der Waals surface area contributed by atoms with E-state index in [1.807, 2.05) is 11.8 Å². The second kappa shape index (κ2) is 10.6. The molecule has 134 valence electrons. The molecule has 2 fully saturated rings. The van der Waals surface area contributed by atoms with E-state index in [4.69, 9.17) is 0 Å². The van der Waals surface area contributed by atoms with Gasteiger partial charge in [0, 0.05) is 37.3 Å². The zero-order chi connectivity index (χ0) is 15.8. The quantitative estimate of drug-likeness (QED) is 0.328. The van der Waals surface area contributed by atoms with E-state index in [-0.39, 0.29) is 29.9 Å².